The van der Waals surface area contributed by atoms with Gasteiger partial charge in [0.1, 0.15) is 11.5 Å². The van der Waals surface area contributed by atoms with Crippen LogP contribution in [0.2, 0.25) is 0 Å². The Morgan fingerprint density at radius 3 is 1.33 bits per heavy atom. The molecule has 0 radical (unpaired) electrons. The highest BCUT2D eigenvalue weighted by atomic mass is 16.5. The van der Waals surface area contributed by atoms with Gasteiger partial charge in [0, 0.05) is 0 Å². The molecule has 2 aromatic carbocycles. The van der Waals surface area contributed by atoms with Gasteiger partial charge in [0.25, 0.3) is 0 Å². The molecule has 0 aromatic heterocycles. The zero-order valence-electron chi connectivity index (χ0n) is 26.1. The third-order valence-corrected chi connectivity index (χ3v) is 7.85. The number of carbonyl (C=O) groups is 4. The molecule has 6 heteroatoms. The number of carbonyl (C=O) groups excluding carboxylic acids is 4. The molecule has 2 aromatic rings. The van der Waals surface area contributed by atoms with Crippen LogP contribution >= 0.6 is 0 Å². The van der Waals surface area contributed by atoms with Crippen molar-refractivity contribution in [2.75, 3.05) is 0 Å². The topological polar surface area (TPSA) is 86.7 Å². The molecule has 0 bridgehead atoms. The van der Waals surface area contributed by atoms with E-state index in [1.54, 1.807) is 0 Å². The molecule has 2 saturated carbocycles. The van der Waals surface area contributed by atoms with E-state index in [4.69, 9.17) is 9.47 Å². The number of allylic oxidation sites excluding steroid dienone is 2. The van der Waals surface area contributed by atoms with Crippen LogP contribution in [-0.4, -0.2) is 23.5 Å². The lowest BCUT2D eigenvalue weighted by Gasteiger charge is -2.24. The summed E-state index contributed by atoms with van der Waals surface area (Å²) in [5, 5.41) is 0. The Labute approximate surface area is 257 Å². The van der Waals surface area contributed by atoms with Gasteiger partial charge in [0.15, 0.2) is 11.6 Å². The maximum absolute atomic E-state index is 12.4. The van der Waals surface area contributed by atoms with E-state index in [-0.39, 0.29) is 35.3 Å². The predicted octanol–water partition coefficient (Wildman–Crippen LogP) is 8.21. The SMILES string of the molecule is C=CC(C)=O.C=CC(C)=O.CC1CCC(C(=O)Oc2ccc(CCc3ccc(OC(=O)C4CCCCC4)cc3)cc2)CC1. The zero-order chi connectivity index (χ0) is 31.6. The molecule has 232 valence electrons. The van der Waals surface area contributed by atoms with E-state index < -0.39 is 0 Å². The van der Waals surface area contributed by atoms with Crippen LogP contribution in [0.4, 0.5) is 0 Å². The fourth-order valence-corrected chi connectivity index (χ4v) is 4.97. The lowest BCUT2D eigenvalue weighted by molar-refractivity contribution is -0.141. The monoisotopic (exact) mass is 588 g/mol. The maximum Gasteiger partial charge on any atom is 0.314 e. The van der Waals surface area contributed by atoms with Gasteiger partial charge in [-0.25, -0.2) is 0 Å². The minimum absolute atomic E-state index is 0.0185. The first-order chi connectivity index (χ1) is 20.6. The van der Waals surface area contributed by atoms with E-state index in [1.807, 2.05) is 48.5 Å². The molecule has 0 saturated heterocycles. The normalized spacial score (nSPS) is 17.9. The standard InChI is InChI=1S/C29H36O4.2C4H6O/c1-21-7-15-25(16-8-21)29(31)33-27-19-13-23(14-20-27)10-9-22-11-17-26(18-12-22)32-28(30)24-5-3-2-4-6-24;2*1-3-4(2)5/h11-14,17-21,24-25H,2-10,15-16H2,1H3;2*3H,1H2,2H3. The first-order valence-electron chi connectivity index (χ1n) is 15.5. The Morgan fingerprint density at radius 1 is 0.628 bits per heavy atom. The summed E-state index contributed by atoms with van der Waals surface area (Å²) < 4.78 is 11.2. The lowest BCUT2D eigenvalue weighted by atomic mass is 9.83. The molecule has 0 spiro atoms. The van der Waals surface area contributed by atoms with Crippen molar-refractivity contribution in [1.82, 2.24) is 0 Å². The van der Waals surface area contributed by atoms with Crippen molar-refractivity contribution in [1.29, 1.82) is 0 Å². The summed E-state index contributed by atoms with van der Waals surface area (Å²) in [7, 11) is 0. The highest BCUT2D eigenvalue weighted by molar-refractivity contribution is 5.86. The Bertz CT molecular complexity index is 1160. The van der Waals surface area contributed by atoms with E-state index in [2.05, 4.69) is 20.1 Å². The van der Waals surface area contributed by atoms with Gasteiger partial charge in [0.2, 0.25) is 0 Å². The molecule has 0 aliphatic heterocycles. The molecule has 4 rings (SSSR count). The average molecular weight is 589 g/mol. The molecule has 0 unspecified atom stereocenters. The summed E-state index contributed by atoms with van der Waals surface area (Å²) in [5.41, 5.74) is 2.41. The van der Waals surface area contributed by atoms with Crippen LogP contribution in [0.3, 0.4) is 0 Å². The van der Waals surface area contributed by atoms with Gasteiger partial charge >= 0.3 is 11.9 Å². The van der Waals surface area contributed by atoms with Gasteiger partial charge in [-0.15, -0.1) is 0 Å². The quantitative estimate of drug-likeness (QED) is 0.167. The molecular weight excluding hydrogens is 540 g/mol. The van der Waals surface area contributed by atoms with Crippen LogP contribution < -0.4 is 9.47 Å². The van der Waals surface area contributed by atoms with Gasteiger partial charge in [-0.1, -0.05) is 63.6 Å². The van der Waals surface area contributed by atoms with E-state index in [0.29, 0.717) is 11.5 Å². The molecule has 6 nitrogen and oxygen atoms in total. The molecule has 0 amide bonds. The number of hydrogen-bond acceptors (Lipinski definition) is 6. The molecule has 2 aliphatic carbocycles. The molecule has 0 heterocycles. The van der Waals surface area contributed by atoms with E-state index >= 15 is 0 Å². The molecule has 2 fully saturated rings. The van der Waals surface area contributed by atoms with Crippen LogP contribution in [-0.2, 0) is 32.0 Å². The minimum atomic E-state index is -0.0843. The van der Waals surface area contributed by atoms with Gasteiger partial charge < -0.3 is 9.47 Å². The third-order valence-electron chi connectivity index (χ3n) is 7.85. The van der Waals surface area contributed by atoms with E-state index in [0.717, 1.165) is 70.1 Å². The molecule has 2 aliphatic rings. The van der Waals surface area contributed by atoms with Gasteiger partial charge in [-0.05, 0) is 119 Å². The summed E-state index contributed by atoms with van der Waals surface area (Å²) in [6.07, 6.45) is 13.9. The van der Waals surface area contributed by atoms with E-state index in [9.17, 15) is 19.2 Å². The van der Waals surface area contributed by atoms with Crippen molar-refractivity contribution in [3.8, 4) is 11.5 Å². The summed E-state index contributed by atoms with van der Waals surface area (Å²) in [6, 6.07) is 15.7. The smallest absolute Gasteiger partial charge is 0.314 e. The number of esters is 2. The zero-order valence-corrected chi connectivity index (χ0v) is 26.1. The summed E-state index contributed by atoms with van der Waals surface area (Å²) in [4.78, 5) is 44.1. The predicted molar refractivity (Wildman–Crippen MR) is 171 cm³/mol. The van der Waals surface area contributed by atoms with Crippen molar-refractivity contribution >= 4 is 23.5 Å². The van der Waals surface area contributed by atoms with Crippen molar-refractivity contribution in [3.05, 3.63) is 85.0 Å². The second-order valence-corrected chi connectivity index (χ2v) is 11.6. The summed E-state index contributed by atoms with van der Waals surface area (Å²) >= 11 is 0. The van der Waals surface area contributed by atoms with Crippen LogP contribution in [0.1, 0.15) is 89.7 Å². The number of hydrogen-bond donors (Lipinski definition) is 0. The summed E-state index contributed by atoms with van der Waals surface area (Å²) in [5.74, 6) is 1.97. The Hall–Kier alpha value is -3.80. The van der Waals surface area contributed by atoms with Crippen LogP contribution in [0, 0.1) is 17.8 Å². The Balaban J connectivity index is 0.000000559. The van der Waals surface area contributed by atoms with Crippen molar-refractivity contribution in [2.24, 2.45) is 17.8 Å². The number of ketones is 2. The Morgan fingerprint density at radius 2 is 0.977 bits per heavy atom. The van der Waals surface area contributed by atoms with Crippen molar-refractivity contribution in [2.45, 2.75) is 91.4 Å². The molecular formula is C37H48O6. The Kier molecular flexibility index (Phi) is 16.0. The van der Waals surface area contributed by atoms with Gasteiger partial charge in [0.05, 0.1) is 11.8 Å². The van der Waals surface area contributed by atoms with Crippen molar-refractivity contribution < 1.29 is 28.7 Å². The second-order valence-electron chi connectivity index (χ2n) is 11.6. The van der Waals surface area contributed by atoms with Gasteiger partial charge in [-0.3, -0.25) is 19.2 Å². The van der Waals surface area contributed by atoms with Crippen molar-refractivity contribution in [3.63, 3.8) is 0 Å². The number of rotatable bonds is 9. The lowest BCUT2D eigenvalue weighted by Crippen LogP contribution is -2.24. The number of aryl methyl sites for hydroxylation is 2. The highest BCUT2D eigenvalue weighted by Gasteiger charge is 2.26. The average Bonchev–Trinajstić information content (AvgIpc) is 3.02. The first-order valence-corrected chi connectivity index (χ1v) is 15.5. The van der Waals surface area contributed by atoms with Gasteiger partial charge in [-0.2, -0.15) is 0 Å². The highest BCUT2D eigenvalue weighted by Crippen LogP contribution is 2.30. The van der Waals surface area contributed by atoms with E-state index in [1.165, 1.54) is 43.5 Å². The molecule has 43 heavy (non-hydrogen) atoms. The molecule has 0 N–H and O–H groups in total. The fourth-order valence-electron chi connectivity index (χ4n) is 4.97. The van der Waals surface area contributed by atoms with Crippen LogP contribution in [0.25, 0.3) is 0 Å². The fraction of sp³-hybridized carbons (Fsp3) is 0.459. The summed E-state index contributed by atoms with van der Waals surface area (Å²) in [6.45, 7) is 11.6. The first kappa shape index (κ1) is 35.4. The maximum atomic E-state index is 12.4. The third kappa shape index (κ3) is 14.3. The second kappa shape index (κ2) is 19.4. The van der Waals surface area contributed by atoms with Crippen LogP contribution in [0.15, 0.2) is 73.8 Å². The minimum Gasteiger partial charge on any atom is -0.426 e. The number of benzene rings is 2. The number of ether oxygens (including phenoxy) is 2. The van der Waals surface area contributed by atoms with Crippen LogP contribution in [0.5, 0.6) is 11.5 Å². The largest absolute Gasteiger partial charge is 0.426 e. The molecule has 0 atom stereocenters.